The molecule has 4 rings (SSSR count). The number of hydrogen-bond donors (Lipinski definition) is 0. The molecule has 0 unspecified atom stereocenters. The quantitative estimate of drug-likeness (QED) is 0.311. The number of fused-ring (bicyclic) bond motifs is 6. The monoisotopic (exact) mass is 349 g/mol. The zero-order valence-electron chi connectivity index (χ0n) is 12.1. The summed E-state index contributed by atoms with van der Waals surface area (Å²) in [5.41, 5.74) is 1.29. The van der Waals surface area contributed by atoms with Gasteiger partial charge < -0.3 is 0 Å². The Labute approximate surface area is 138 Å². The molecule has 0 saturated carbocycles. The van der Waals surface area contributed by atoms with Crippen molar-refractivity contribution in [2.45, 2.75) is 6.92 Å². The highest BCUT2D eigenvalue weighted by molar-refractivity contribution is 7.17. The predicted octanol–water partition coefficient (Wildman–Crippen LogP) is -0.654. The number of nitrogens with zero attached hydrogens (tertiary/aromatic N) is 1. The van der Waals surface area contributed by atoms with Gasteiger partial charge in [0.1, 0.15) is 0 Å². The van der Waals surface area contributed by atoms with Crippen molar-refractivity contribution in [1.82, 2.24) is 0 Å². The van der Waals surface area contributed by atoms with Gasteiger partial charge >= 0.3 is 0 Å². The number of halogens is 1. The zero-order valence-corrected chi connectivity index (χ0v) is 13.6. The van der Waals surface area contributed by atoms with Crippen molar-refractivity contribution in [2.75, 3.05) is 0 Å². The molecule has 0 amide bonds. The van der Waals surface area contributed by atoms with E-state index in [2.05, 4.69) is 66.1 Å². The summed E-state index contributed by atoms with van der Waals surface area (Å²) in [5.74, 6) is 0. The SMILES string of the molecule is Cc1c[n+]2c3ccccc3c3ccccc3c2s1.[O-][Cl+3]([O-])([O-])[O-]. The Hall–Kier alpha value is -1.80. The highest BCUT2D eigenvalue weighted by Gasteiger charge is 2.17. The lowest BCUT2D eigenvalue weighted by molar-refractivity contribution is -2.00. The van der Waals surface area contributed by atoms with Crippen LogP contribution >= 0.6 is 11.3 Å². The third kappa shape index (κ3) is 3.42. The Morgan fingerprint density at radius 2 is 1.35 bits per heavy atom. The molecule has 0 atom stereocenters. The van der Waals surface area contributed by atoms with Crippen LogP contribution in [0.25, 0.3) is 26.5 Å². The van der Waals surface area contributed by atoms with E-state index < -0.39 is 10.2 Å². The van der Waals surface area contributed by atoms with Gasteiger partial charge in [-0.15, -0.1) is 14.6 Å². The highest BCUT2D eigenvalue weighted by atomic mass is 35.7. The van der Waals surface area contributed by atoms with Crippen LogP contribution in [0.2, 0.25) is 0 Å². The second-order valence-corrected chi connectivity index (χ2v) is 6.95. The summed E-state index contributed by atoms with van der Waals surface area (Å²) in [7, 11) is -4.94. The summed E-state index contributed by atoms with van der Waals surface area (Å²) >= 11 is 1.86. The molecule has 0 N–H and O–H groups in total. The molecule has 23 heavy (non-hydrogen) atoms. The molecule has 2 aromatic carbocycles. The molecule has 5 nitrogen and oxygen atoms in total. The summed E-state index contributed by atoms with van der Waals surface area (Å²) < 4.78 is 36.3. The third-order valence-corrected chi connectivity index (χ3v) is 4.44. The van der Waals surface area contributed by atoms with Crippen LogP contribution in [0.3, 0.4) is 0 Å². The molecule has 2 aromatic heterocycles. The molecule has 118 valence electrons. The fourth-order valence-electron chi connectivity index (χ4n) is 2.65. The number of aryl methyl sites for hydroxylation is 1. The molecule has 0 saturated heterocycles. The minimum Gasteiger partial charge on any atom is -0.222 e. The Balaban J connectivity index is 0.000000276. The molecule has 0 fully saturated rings. The van der Waals surface area contributed by atoms with Gasteiger partial charge in [-0.1, -0.05) is 41.7 Å². The van der Waals surface area contributed by atoms with Gasteiger partial charge in [0, 0.05) is 11.5 Å². The molecule has 4 aromatic rings. The summed E-state index contributed by atoms with van der Waals surface area (Å²) in [4.78, 5) is 2.68. The van der Waals surface area contributed by atoms with Crippen LogP contribution in [-0.4, -0.2) is 0 Å². The summed E-state index contributed by atoms with van der Waals surface area (Å²) in [6, 6.07) is 17.3. The second kappa shape index (κ2) is 6.01. The number of para-hydroxylation sites is 1. The van der Waals surface area contributed by atoms with Crippen molar-refractivity contribution in [3.05, 3.63) is 59.6 Å². The molecule has 0 aliphatic heterocycles. The highest BCUT2D eigenvalue weighted by Crippen LogP contribution is 2.28. The van der Waals surface area contributed by atoms with Gasteiger partial charge in [0.15, 0.2) is 6.20 Å². The third-order valence-electron chi connectivity index (χ3n) is 3.40. The van der Waals surface area contributed by atoms with Crippen molar-refractivity contribution in [1.29, 1.82) is 0 Å². The lowest BCUT2D eigenvalue weighted by Crippen LogP contribution is -2.68. The predicted molar refractivity (Wildman–Crippen MR) is 77.2 cm³/mol. The van der Waals surface area contributed by atoms with E-state index in [1.54, 1.807) is 0 Å². The van der Waals surface area contributed by atoms with E-state index >= 15 is 0 Å². The minimum atomic E-state index is -4.94. The molecule has 7 heteroatoms. The van der Waals surface area contributed by atoms with E-state index in [1.807, 2.05) is 11.3 Å². The van der Waals surface area contributed by atoms with Gasteiger partial charge in [-0.2, -0.15) is 0 Å². The molecule has 0 spiro atoms. The Morgan fingerprint density at radius 1 is 0.826 bits per heavy atom. The molecular weight excluding hydrogens is 338 g/mol. The summed E-state index contributed by atoms with van der Waals surface area (Å²) in [6.07, 6.45) is 2.23. The smallest absolute Gasteiger partial charge is 0.222 e. The van der Waals surface area contributed by atoms with E-state index in [9.17, 15) is 0 Å². The average Bonchev–Trinajstić information content (AvgIpc) is 2.88. The van der Waals surface area contributed by atoms with Crippen LogP contribution in [0, 0.1) is 17.2 Å². The summed E-state index contributed by atoms with van der Waals surface area (Å²) in [5, 5.41) is 4.01. The van der Waals surface area contributed by atoms with Crippen LogP contribution in [0.4, 0.5) is 0 Å². The summed E-state index contributed by atoms with van der Waals surface area (Å²) in [6.45, 7) is 2.17. The van der Waals surface area contributed by atoms with Crippen LogP contribution in [0.5, 0.6) is 0 Å². The fourth-order valence-corrected chi connectivity index (χ4v) is 3.65. The van der Waals surface area contributed by atoms with Crippen molar-refractivity contribution < 1.29 is 33.3 Å². The van der Waals surface area contributed by atoms with Gasteiger partial charge in [-0.3, -0.25) is 0 Å². The fraction of sp³-hybridized carbons (Fsp3) is 0.0625. The number of aromatic nitrogens is 1. The van der Waals surface area contributed by atoms with E-state index in [-0.39, 0.29) is 0 Å². The number of thiazole rings is 1. The first-order valence-electron chi connectivity index (χ1n) is 6.67. The first-order valence-corrected chi connectivity index (χ1v) is 8.73. The van der Waals surface area contributed by atoms with Gasteiger partial charge in [0.25, 0.3) is 4.83 Å². The Kier molecular flexibility index (Phi) is 4.20. The van der Waals surface area contributed by atoms with E-state index in [1.165, 1.54) is 31.4 Å². The maximum absolute atomic E-state index is 8.49. The number of benzene rings is 2. The molecule has 0 aliphatic carbocycles. The second-order valence-electron chi connectivity index (χ2n) is 4.96. The number of rotatable bonds is 0. The normalized spacial score (nSPS) is 11.7. The van der Waals surface area contributed by atoms with Crippen molar-refractivity contribution in [2.24, 2.45) is 0 Å². The maximum atomic E-state index is 8.49. The maximum Gasteiger partial charge on any atom is 0.275 e. The molecule has 0 bridgehead atoms. The van der Waals surface area contributed by atoms with Crippen LogP contribution in [0.15, 0.2) is 54.7 Å². The first-order chi connectivity index (χ1) is 10.8. The Morgan fingerprint density at radius 3 is 2.00 bits per heavy atom. The van der Waals surface area contributed by atoms with Gasteiger partial charge in [0.05, 0.1) is 15.6 Å². The minimum absolute atomic E-state index is 1.29. The standard InChI is InChI=1S/C16H12NS.ClHO4/c1-11-10-17-15-9-5-4-7-13(15)12-6-2-3-8-14(12)16(17)18-11;2-1(3,4)5/h2-10H,1H3;(H,2,3,4,5)/q+1;/p-1. The van der Waals surface area contributed by atoms with Crippen molar-refractivity contribution >= 4 is 37.8 Å². The van der Waals surface area contributed by atoms with E-state index in [0.29, 0.717) is 0 Å². The lowest BCUT2D eigenvalue weighted by atomic mass is 10.1. The first kappa shape index (κ1) is 16.1. The number of hydrogen-bond acceptors (Lipinski definition) is 5. The molecule has 2 heterocycles. The molecule has 0 aliphatic rings. The van der Waals surface area contributed by atoms with E-state index in [0.717, 1.165) is 0 Å². The van der Waals surface area contributed by atoms with Crippen molar-refractivity contribution in [3.63, 3.8) is 0 Å². The van der Waals surface area contributed by atoms with Gasteiger partial charge in [0.2, 0.25) is 5.52 Å². The van der Waals surface area contributed by atoms with Crippen molar-refractivity contribution in [3.8, 4) is 0 Å². The van der Waals surface area contributed by atoms with E-state index in [4.69, 9.17) is 18.6 Å². The van der Waals surface area contributed by atoms with Crippen LogP contribution in [0.1, 0.15) is 4.88 Å². The van der Waals surface area contributed by atoms with Gasteiger partial charge in [-0.25, -0.2) is 18.6 Å². The largest absolute Gasteiger partial charge is 0.275 e. The molecular formula is C16H12ClNO4S. The lowest BCUT2D eigenvalue weighted by Gasteiger charge is -2.17. The average molecular weight is 350 g/mol. The Bertz CT molecular complexity index is 915. The zero-order chi connectivity index (χ0) is 16.6. The van der Waals surface area contributed by atoms with Gasteiger partial charge in [-0.05, 0) is 19.1 Å². The molecule has 0 radical (unpaired) electrons. The van der Waals surface area contributed by atoms with Crippen LogP contribution < -0.4 is 23.0 Å². The number of pyridine rings is 1. The van der Waals surface area contributed by atoms with Crippen LogP contribution in [-0.2, 0) is 0 Å². The topological polar surface area (TPSA) is 96.3 Å².